The van der Waals surface area contributed by atoms with Crippen molar-refractivity contribution in [3.63, 3.8) is 0 Å². The van der Waals surface area contributed by atoms with Crippen LogP contribution >= 0.6 is 11.6 Å². The van der Waals surface area contributed by atoms with Crippen LogP contribution in [0.4, 0.5) is 11.4 Å². The monoisotopic (exact) mass is 316 g/mol. The van der Waals surface area contributed by atoms with Crippen LogP contribution < -0.4 is 10.6 Å². The van der Waals surface area contributed by atoms with E-state index in [9.17, 15) is 4.79 Å². The number of nitrogens with one attached hydrogen (secondary N) is 2. The number of anilines is 2. The lowest BCUT2D eigenvalue weighted by molar-refractivity contribution is -0.114. The number of halogens is 1. The summed E-state index contributed by atoms with van der Waals surface area (Å²) < 4.78 is 0. The lowest BCUT2D eigenvalue weighted by Crippen LogP contribution is -2.22. The molecule has 1 amide bonds. The third-order valence-electron chi connectivity index (χ3n) is 3.64. The van der Waals surface area contributed by atoms with E-state index in [2.05, 4.69) is 29.7 Å². The summed E-state index contributed by atoms with van der Waals surface area (Å²) in [6.07, 6.45) is 0. The second kappa shape index (κ2) is 6.84. The molecule has 2 N–H and O–H groups in total. The Kier molecular flexibility index (Phi) is 5.09. The van der Waals surface area contributed by atoms with E-state index in [1.54, 1.807) is 0 Å². The summed E-state index contributed by atoms with van der Waals surface area (Å²) in [6, 6.07) is 9.70. The molecule has 0 bridgehead atoms. The topological polar surface area (TPSA) is 41.1 Å². The van der Waals surface area contributed by atoms with E-state index >= 15 is 0 Å². The number of rotatable bonds is 4. The molecule has 22 heavy (non-hydrogen) atoms. The maximum atomic E-state index is 12.1. The Balaban J connectivity index is 2.03. The lowest BCUT2D eigenvalue weighted by Gasteiger charge is -2.14. The van der Waals surface area contributed by atoms with Crippen molar-refractivity contribution in [3.05, 3.63) is 57.6 Å². The third kappa shape index (κ3) is 3.80. The third-order valence-corrected chi connectivity index (χ3v) is 4.05. The van der Waals surface area contributed by atoms with Gasteiger partial charge in [0.15, 0.2) is 0 Å². The normalized spacial score (nSPS) is 10.4. The SMILES string of the molecule is Cc1cc(C)c(NCC(=O)Nc2cccc(Cl)c2C)c(C)c1. The van der Waals surface area contributed by atoms with E-state index in [1.807, 2.05) is 39.0 Å². The minimum absolute atomic E-state index is 0.0928. The van der Waals surface area contributed by atoms with Gasteiger partial charge in [-0.25, -0.2) is 0 Å². The molecule has 0 atom stereocenters. The summed E-state index contributed by atoms with van der Waals surface area (Å²) in [5.41, 5.74) is 6.15. The van der Waals surface area contributed by atoms with Gasteiger partial charge in [0.1, 0.15) is 0 Å². The first-order valence-electron chi connectivity index (χ1n) is 7.25. The number of hydrogen-bond donors (Lipinski definition) is 2. The standard InChI is InChI=1S/C18H21ClN2O/c1-11-8-12(2)18(13(3)9-11)20-10-17(22)21-16-7-5-6-15(19)14(16)4/h5-9,20H,10H2,1-4H3,(H,21,22). The average molecular weight is 317 g/mol. The maximum Gasteiger partial charge on any atom is 0.243 e. The molecule has 4 heteroatoms. The fourth-order valence-electron chi connectivity index (χ4n) is 2.56. The molecule has 0 spiro atoms. The molecule has 0 heterocycles. The van der Waals surface area contributed by atoms with Gasteiger partial charge in [0.25, 0.3) is 0 Å². The number of carbonyl (C=O) groups excluding carboxylic acids is 1. The molecule has 0 radical (unpaired) electrons. The smallest absolute Gasteiger partial charge is 0.243 e. The Hall–Kier alpha value is -2.00. The van der Waals surface area contributed by atoms with Gasteiger partial charge in [-0.15, -0.1) is 0 Å². The van der Waals surface area contributed by atoms with Gasteiger partial charge in [-0.2, -0.15) is 0 Å². The summed E-state index contributed by atoms with van der Waals surface area (Å²) >= 11 is 6.06. The van der Waals surface area contributed by atoms with Gasteiger partial charge in [0.2, 0.25) is 5.91 Å². The number of amides is 1. The summed E-state index contributed by atoms with van der Waals surface area (Å²) in [5.74, 6) is -0.0928. The highest BCUT2D eigenvalue weighted by Gasteiger charge is 2.09. The number of benzene rings is 2. The average Bonchev–Trinajstić information content (AvgIpc) is 2.42. The van der Waals surface area contributed by atoms with Gasteiger partial charge < -0.3 is 10.6 Å². The van der Waals surface area contributed by atoms with Crippen LogP contribution in [-0.2, 0) is 4.79 Å². The van der Waals surface area contributed by atoms with Crippen molar-refractivity contribution in [1.29, 1.82) is 0 Å². The predicted octanol–water partition coefficient (Wildman–Crippen LogP) is 4.62. The van der Waals surface area contributed by atoms with E-state index in [0.717, 1.165) is 28.1 Å². The molecule has 0 aliphatic rings. The van der Waals surface area contributed by atoms with Gasteiger partial charge in [0, 0.05) is 16.4 Å². The first-order valence-corrected chi connectivity index (χ1v) is 7.63. The fourth-order valence-corrected chi connectivity index (χ4v) is 2.74. The summed E-state index contributed by atoms with van der Waals surface area (Å²) in [7, 11) is 0. The van der Waals surface area contributed by atoms with E-state index in [1.165, 1.54) is 5.56 Å². The Bertz CT molecular complexity index is 687. The molecule has 0 unspecified atom stereocenters. The number of aryl methyl sites for hydroxylation is 3. The highest BCUT2D eigenvalue weighted by Crippen LogP contribution is 2.23. The van der Waals surface area contributed by atoms with Crippen LogP contribution in [0.25, 0.3) is 0 Å². The summed E-state index contributed by atoms with van der Waals surface area (Å²) in [4.78, 5) is 12.1. The van der Waals surface area contributed by atoms with Crippen LogP contribution in [0.5, 0.6) is 0 Å². The number of hydrogen-bond acceptors (Lipinski definition) is 2. The fraction of sp³-hybridized carbons (Fsp3) is 0.278. The Morgan fingerprint density at radius 2 is 1.73 bits per heavy atom. The van der Waals surface area contributed by atoms with E-state index < -0.39 is 0 Å². The zero-order chi connectivity index (χ0) is 16.3. The van der Waals surface area contributed by atoms with Gasteiger partial charge >= 0.3 is 0 Å². The molecule has 2 aromatic carbocycles. The molecule has 0 saturated heterocycles. The molecule has 2 rings (SSSR count). The van der Waals surface area contributed by atoms with E-state index in [0.29, 0.717) is 5.02 Å². The van der Waals surface area contributed by atoms with Crippen molar-refractivity contribution in [3.8, 4) is 0 Å². The predicted molar refractivity (Wildman–Crippen MR) is 94.0 cm³/mol. The zero-order valence-electron chi connectivity index (χ0n) is 13.4. The van der Waals surface area contributed by atoms with Gasteiger partial charge in [-0.3, -0.25) is 4.79 Å². The second-order valence-electron chi connectivity index (χ2n) is 5.59. The molecular formula is C18H21ClN2O. The molecule has 0 aromatic heterocycles. The van der Waals surface area contributed by atoms with E-state index in [4.69, 9.17) is 11.6 Å². The maximum absolute atomic E-state index is 12.1. The van der Waals surface area contributed by atoms with Gasteiger partial charge in [-0.05, 0) is 56.5 Å². The van der Waals surface area contributed by atoms with Crippen LogP contribution in [-0.4, -0.2) is 12.5 Å². The molecule has 2 aromatic rings. The molecule has 116 valence electrons. The minimum Gasteiger partial charge on any atom is -0.376 e. The van der Waals surface area contributed by atoms with Crippen LogP contribution in [0.15, 0.2) is 30.3 Å². The van der Waals surface area contributed by atoms with Crippen LogP contribution in [0.3, 0.4) is 0 Å². The van der Waals surface area contributed by atoms with Crippen LogP contribution in [0.1, 0.15) is 22.3 Å². The first-order chi connectivity index (χ1) is 10.4. The van der Waals surface area contributed by atoms with Crippen molar-refractivity contribution in [1.82, 2.24) is 0 Å². The van der Waals surface area contributed by atoms with Crippen molar-refractivity contribution >= 4 is 28.9 Å². The molecule has 0 saturated carbocycles. The first kappa shape index (κ1) is 16.4. The van der Waals surface area contributed by atoms with Crippen LogP contribution in [0.2, 0.25) is 5.02 Å². The quantitative estimate of drug-likeness (QED) is 0.863. The van der Waals surface area contributed by atoms with Crippen molar-refractivity contribution in [2.75, 3.05) is 17.2 Å². The van der Waals surface area contributed by atoms with E-state index in [-0.39, 0.29) is 12.5 Å². The molecule has 0 aliphatic carbocycles. The number of carbonyl (C=O) groups is 1. The molecule has 0 fully saturated rings. The Morgan fingerprint density at radius 3 is 2.36 bits per heavy atom. The molecule has 3 nitrogen and oxygen atoms in total. The Labute approximate surface area is 136 Å². The van der Waals surface area contributed by atoms with Crippen molar-refractivity contribution in [2.24, 2.45) is 0 Å². The van der Waals surface area contributed by atoms with Crippen molar-refractivity contribution < 1.29 is 4.79 Å². The summed E-state index contributed by atoms with van der Waals surface area (Å²) in [6.45, 7) is 8.26. The second-order valence-corrected chi connectivity index (χ2v) is 6.00. The zero-order valence-corrected chi connectivity index (χ0v) is 14.1. The highest BCUT2D eigenvalue weighted by atomic mass is 35.5. The van der Waals surface area contributed by atoms with Gasteiger partial charge in [-0.1, -0.05) is 35.4 Å². The van der Waals surface area contributed by atoms with Crippen molar-refractivity contribution in [2.45, 2.75) is 27.7 Å². The van der Waals surface area contributed by atoms with Gasteiger partial charge in [0.05, 0.1) is 6.54 Å². The highest BCUT2D eigenvalue weighted by molar-refractivity contribution is 6.31. The minimum atomic E-state index is -0.0928. The lowest BCUT2D eigenvalue weighted by atomic mass is 10.1. The summed E-state index contributed by atoms with van der Waals surface area (Å²) in [5, 5.41) is 6.75. The molecular weight excluding hydrogens is 296 g/mol. The molecule has 0 aliphatic heterocycles. The Morgan fingerprint density at radius 1 is 1.09 bits per heavy atom. The largest absolute Gasteiger partial charge is 0.376 e. The van der Waals surface area contributed by atoms with Crippen LogP contribution in [0, 0.1) is 27.7 Å².